The van der Waals surface area contributed by atoms with E-state index < -0.39 is 10.4 Å². The van der Waals surface area contributed by atoms with Gasteiger partial charge in [-0.1, -0.05) is 0 Å². The summed E-state index contributed by atoms with van der Waals surface area (Å²) in [6.45, 7) is 3.72. The van der Waals surface area contributed by atoms with E-state index >= 15 is 0 Å². The van der Waals surface area contributed by atoms with Crippen LogP contribution in [0.3, 0.4) is 0 Å². The van der Waals surface area contributed by atoms with Crippen molar-refractivity contribution in [3.63, 3.8) is 0 Å². The van der Waals surface area contributed by atoms with Crippen LogP contribution < -0.4 is 0 Å². The Morgan fingerprint density at radius 2 is 1.14 bits per heavy atom. The van der Waals surface area contributed by atoms with Gasteiger partial charge in [0.25, 0.3) is 0 Å². The fourth-order valence-electron chi connectivity index (χ4n) is 1.74. The summed E-state index contributed by atoms with van der Waals surface area (Å²) in [4.78, 5) is 0. The van der Waals surface area contributed by atoms with E-state index in [0.717, 1.165) is 0 Å². The predicted octanol–water partition coefficient (Wildman–Crippen LogP) is 3.55. The molecule has 0 heterocycles. The molecule has 0 aliphatic carbocycles. The largest absolute Gasteiger partial charge is 0.412 e. The van der Waals surface area contributed by atoms with Gasteiger partial charge in [-0.2, -0.15) is 13.7 Å². The van der Waals surface area contributed by atoms with Gasteiger partial charge in [-0.05, 0) is 0 Å². The van der Waals surface area contributed by atoms with Gasteiger partial charge in [-0.3, -0.25) is 9.11 Å². The van der Waals surface area contributed by atoms with E-state index in [2.05, 4.69) is 6.92 Å². The average molecular weight is 349 g/mol. The number of rotatable bonds is 10. The Labute approximate surface area is 154 Å². The van der Waals surface area contributed by atoms with Gasteiger partial charge in [-0.25, -0.2) is 0 Å². The minimum atomic E-state index is -4.67. The molecule has 0 saturated heterocycles. The van der Waals surface area contributed by atoms with E-state index in [0.29, 0.717) is 0 Å². The Bertz CT molecular complexity index is 300. The standard InChI is InChI=1S/C12H25.C2H3N.Na.H2O4S.H2O/c1-3-5-7-9-11-12-10-8-6-4-2;1-2-3;;1-5(2,3)4;/h1,3-12H2,2H3;1H3;;(H2,1,2,3,4);1H2. The second-order valence-corrected chi connectivity index (χ2v) is 6.75. The van der Waals surface area contributed by atoms with Crippen molar-refractivity contribution in [2.45, 2.75) is 81.7 Å². The van der Waals surface area contributed by atoms with Gasteiger partial charge in [0, 0.05) is 6.92 Å². The molecule has 0 rings (SSSR count). The van der Waals surface area contributed by atoms with E-state index in [-0.39, 0.29) is 5.48 Å². The summed E-state index contributed by atoms with van der Waals surface area (Å²) in [6.07, 6.45) is 14.7. The summed E-state index contributed by atoms with van der Waals surface area (Å²) in [6, 6.07) is 1.75. The molecule has 0 bridgehead atoms. The molecule has 0 aromatic heterocycles. The number of hydrogen-bond acceptors (Lipinski definition) is 3. The van der Waals surface area contributed by atoms with Crippen molar-refractivity contribution >= 4 is 38.3 Å². The van der Waals surface area contributed by atoms with Crippen LogP contribution in [0.4, 0.5) is 0 Å². The van der Waals surface area contributed by atoms with Crippen LogP contribution >= 0.6 is 0 Å². The molecular weight excluding hydrogens is 317 g/mol. The SMILES string of the molecule is CC#N.CCCCCCCCCCC[CH2][Na].O.O=S(=O)(O)O. The molecule has 0 amide bonds. The molecular formula is C14H32NNaO5S. The zero-order chi connectivity index (χ0) is 17.0. The van der Waals surface area contributed by atoms with Gasteiger partial charge in [0.15, 0.2) is 0 Å². The molecule has 0 fully saturated rings. The van der Waals surface area contributed by atoms with E-state index in [4.69, 9.17) is 22.8 Å². The molecule has 0 aliphatic rings. The quantitative estimate of drug-likeness (QED) is 0.354. The fraction of sp³-hybridized carbons (Fsp3) is 0.929. The molecule has 0 saturated carbocycles. The third kappa shape index (κ3) is 71.2. The van der Waals surface area contributed by atoms with Gasteiger partial charge < -0.3 is 5.48 Å². The average Bonchev–Trinajstić information content (AvgIpc) is 2.36. The maximum absolute atomic E-state index is 8.74. The smallest absolute Gasteiger partial charge is 0.394 e. The Hall–Kier alpha value is 0.320. The third-order valence-corrected chi connectivity index (χ3v) is 3.41. The normalized spacial score (nSPS) is 9.32. The molecule has 0 atom stereocenters. The molecule has 0 aromatic carbocycles. The number of hydrogen-bond donors (Lipinski definition) is 2. The molecule has 0 aliphatic heterocycles. The third-order valence-electron chi connectivity index (χ3n) is 2.71. The Balaban J connectivity index is -0.000000151. The maximum atomic E-state index is 8.74. The summed E-state index contributed by atoms with van der Waals surface area (Å²) in [5.74, 6) is 0. The van der Waals surface area contributed by atoms with Crippen LogP contribution in [0.5, 0.6) is 0 Å². The van der Waals surface area contributed by atoms with Gasteiger partial charge in [0.1, 0.15) is 0 Å². The van der Waals surface area contributed by atoms with Crippen LogP contribution in [0.1, 0.15) is 78.1 Å². The van der Waals surface area contributed by atoms with Crippen LogP contribution in [0.2, 0.25) is 3.67 Å². The van der Waals surface area contributed by atoms with Gasteiger partial charge in [-0.15, -0.1) is 0 Å². The van der Waals surface area contributed by atoms with E-state index in [9.17, 15) is 0 Å². The monoisotopic (exact) mass is 349 g/mol. The second kappa shape index (κ2) is 26.2. The molecule has 0 spiro atoms. The van der Waals surface area contributed by atoms with Crippen molar-refractivity contribution in [1.82, 2.24) is 0 Å². The molecule has 0 radical (unpaired) electrons. The van der Waals surface area contributed by atoms with Crippen molar-refractivity contribution in [2.24, 2.45) is 0 Å². The van der Waals surface area contributed by atoms with E-state index in [1.54, 1.807) is 6.07 Å². The first kappa shape index (κ1) is 30.2. The van der Waals surface area contributed by atoms with Gasteiger partial charge in [0.05, 0.1) is 6.07 Å². The van der Waals surface area contributed by atoms with Crippen LogP contribution in [-0.2, 0) is 10.4 Å². The Kier molecular flexibility index (Phi) is 36.0. The molecule has 22 heavy (non-hydrogen) atoms. The molecule has 8 heteroatoms. The van der Waals surface area contributed by atoms with Gasteiger partial charge >= 0.3 is 113 Å². The molecule has 0 aromatic rings. The van der Waals surface area contributed by atoms with Crippen LogP contribution in [-0.4, -0.2) is 50.9 Å². The summed E-state index contributed by atoms with van der Waals surface area (Å²) in [7, 11) is -4.67. The topological polar surface area (TPSA) is 130 Å². The van der Waals surface area contributed by atoms with Crippen molar-refractivity contribution in [3.8, 4) is 6.07 Å². The minimum Gasteiger partial charge on any atom is -0.412 e. The predicted molar refractivity (Wildman–Crippen MR) is 91.5 cm³/mol. The first-order valence-corrected chi connectivity index (χ1v) is 10.6. The molecule has 0 unspecified atom stereocenters. The van der Waals surface area contributed by atoms with Crippen molar-refractivity contribution in [3.05, 3.63) is 0 Å². The van der Waals surface area contributed by atoms with Gasteiger partial charge in [0.2, 0.25) is 0 Å². The second-order valence-electron chi connectivity index (χ2n) is 4.85. The molecule has 130 valence electrons. The van der Waals surface area contributed by atoms with Crippen LogP contribution in [0.25, 0.3) is 0 Å². The van der Waals surface area contributed by atoms with Crippen LogP contribution in [0.15, 0.2) is 0 Å². The minimum absolute atomic E-state index is 0. The van der Waals surface area contributed by atoms with E-state index in [1.165, 1.54) is 103 Å². The molecule has 4 N–H and O–H groups in total. The first-order valence-electron chi connectivity index (χ1n) is 7.84. The Morgan fingerprint density at radius 1 is 0.909 bits per heavy atom. The van der Waals surface area contributed by atoms with Crippen LogP contribution in [0, 0.1) is 11.3 Å². The zero-order valence-electron chi connectivity index (χ0n) is 14.3. The zero-order valence-corrected chi connectivity index (χ0v) is 17.2. The number of unbranched alkanes of at least 4 members (excludes halogenated alkanes) is 9. The fourth-order valence-corrected chi connectivity index (χ4v) is 2.24. The van der Waals surface area contributed by atoms with Crippen molar-refractivity contribution in [2.75, 3.05) is 0 Å². The van der Waals surface area contributed by atoms with E-state index in [1.807, 2.05) is 0 Å². The Morgan fingerprint density at radius 3 is 1.36 bits per heavy atom. The summed E-state index contributed by atoms with van der Waals surface area (Å²) in [5.41, 5.74) is 0. The summed E-state index contributed by atoms with van der Waals surface area (Å²) < 4.78 is 33.1. The summed E-state index contributed by atoms with van der Waals surface area (Å²) in [5, 5.41) is 7.32. The first-order chi connectivity index (χ1) is 9.83. The summed E-state index contributed by atoms with van der Waals surface area (Å²) >= 11 is 1.41. The maximum Gasteiger partial charge on any atom is 0.394 e. The molecule has 6 nitrogen and oxygen atoms in total. The van der Waals surface area contributed by atoms with Crippen molar-refractivity contribution < 1.29 is 23.0 Å². The number of nitrogens with zero attached hydrogens (tertiary/aromatic N) is 1. The number of nitriles is 1. The van der Waals surface area contributed by atoms with Crippen molar-refractivity contribution in [1.29, 1.82) is 5.26 Å².